The quantitative estimate of drug-likeness (QED) is 0.368. The second-order valence-corrected chi connectivity index (χ2v) is 4.17. The lowest BCUT2D eigenvalue weighted by Crippen LogP contribution is -2.24. The van der Waals surface area contributed by atoms with Crippen molar-refractivity contribution < 1.29 is 15.0 Å². The lowest BCUT2D eigenvalue weighted by molar-refractivity contribution is -0.0756. The molecule has 1 aliphatic carbocycles. The first kappa shape index (κ1) is 12.5. The molecule has 0 aliphatic heterocycles. The highest BCUT2D eigenvalue weighted by molar-refractivity contribution is 6.04. The largest absolute Gasteiger partial charge is 0.359 e. The second kappa shape index (κ2) is 5.12. The van der Waals surface area contributed by atoms with Gasteiger partial charge in [0.2, 0.25) is 5.79 Å². The molecule has 0 bridgehead atoms. The summed E-state index contributed by atoms with van der Waals surface area (Å²) in [6.45, 7) is 0. The Bertz CT molecular complexity index is 494. The zero-order chi connectivity index (χ0) is 13.0. The highest BCUT2D eigenvalue weighted by atomic mass is 16.5. The molecule has 0 unspecified atom stereocenters. The molecule has 3 heteroatoms. The average Bonchev–Trinajstić information content (AvgIpc) is 2.38. The third kappa shape index (κ3) is 3.26. The van der Waals surface area contributed by atoms with Gasteiger partial charge < -0.3 is 10.2 Å². The van der Waals surface area contributed by atoms with Crippen LogP contribution < -0.4 is 0 Å². The highest BCUT2D eigenvalue weighted by Gasteiger charge is 2.18. The van der Waals surface area contributed by atoms with Crippen molar-refractivity contribution in [3.8, 4) is 0 Å². The van der Waals surface area contributed by atoms with Crippen molar-refractivity contribution in [3.63, 3.8) is 0 Å². The second-order valence-electron chi connectivity index (χ2n) is 4.17. The SMILES string of the molecule is O=C(/C=C/C1C=CC(O)(O)C=C1)c1ccccc1. The Morgan fingerprint density at radius 3 is 2.33 bits per heavy atom. The Labute approximate surface area is 105 Å². The van der Waals surface area contributed by atoms with Crippen LogP contribution in [0, 0.1) is 5.92 Å². The molecule has 1 aromatic rings. The molecule has 3 nitrogen and oxygen atoms in total. The predicted molar refractivity (Wildman–Crippen MR) is 68.9 cm³/mol. The van der Waals surface area contributed by atoms with E-state index in [1.165, 1.54) is 18.2 Å². The Kier molecular flexibility index (Phi) is 3.55. The van der Waals surface area contributed by atoms with Gasteiger partial charge in [0.25, 0.3) is 0 Å². The summed E-state index contributed by atoms with van der Waals surface area (Å²) in [5.74, 6) is -2.03. The zero-order valence-electron chi connectivity index (χ0n) is 9.73. The fourth-order valence-corrected chi connectivity index (χ4v) is 1.65. The molecule has 0 saturated carbocycles. The minimum absolute atomic E-state index is 0.0674. The number of carbonyl (C=O) groups excluding carboxylic acids is 1. The third-order valence-corrected chi connectivity index (χ3v) is 2.66. The van der Waals surface area contributed by atoms with Crippen molar-refractivity contribution in [2.75, 3.05) is 0 Å². The molecule has 2 rings (SSSR count). The topological polar surface area (TPSA) is 57.5 Å². The van der Waals surface area contributed by atoms with E-state index < -0.39 is 5.79 Å². The van der Waals surface area contributed by atoms with Gasteiger partial charge in [-0.15, -0.1) is 0 Å². The molecule has 18 heavy (non-hydrogen) atoms. The summed E-state index contributed by atoms with van der Waals surface area (Å²) in [4.78, 5) is 11.8. The molecule has 92 valence electrons. The number of carbonyl (C=O) groups is 1. The standard InChI is InChI=1S/C15H14O3/c16-14(13-4-2-1-3-5-13)7-6-12-8-10-15(17,18)11-9-12/h1-12,17-18H/b7-6+. The fraction of sp³-hybridized carbons (Fsp3) is 0.133. The number of hydrogen-bond donors (Lipinski definition) is 2. The molecule has 2 N–H and O–H groups in total. The molecule has 0 aromatic heterocycles. The first-order chi connectivity index (χ1) is 8.57. The monoisotopic (exact) mass is 242 g/mol. The molecule has 0 fully saturated rings. The van der Waals surface area contributed by atoms with Crippen molar-refractivity contribution in [1.29, 1.82) is 0 Å². The molecular formula is C15H14O3. The van der Waals surface area contributed by atoms with Crippen LogP contribution in [0.4, 0.5) is 0 Å². The van der Waals surface area contributed by atoms with E-state index in [4.69, 9.17) is 0 Å². The lowest BCUT2D eigenvalue weighted by Gasteiger charge is -2.17. The van der Waals surface area contributed by atoms with Gasteiger partial charge in [-0.25, -0.2) is 0 Å². The van der Waals surface area contributed by atoms with Crippen molar-refractivity contribution in [3.05, 3.63) is 72.4 Å². The molecule has 1 aromatic carbocycles. The molecule has 0 amide bonds. The van der Waals surface area contributed by atoms with Crippen LogP contribution in [0.15, 0.2) is 66.8 Å². The first-order valence-corrected chi connectivity index (χ1v) is 5.68. The van der Waals surface area contributed by atoms with E-state index in [0.717, 1.165) is 0 Å². The van der Waals surface area contributed by atoms with Crippen LogP contribution >= 0.6 is 0 Å². The van der Waals surface area contributed by atoms with Gasteiger partial charge in [-0.1, -0.05) is 48.6 Å². The number of hydrogen-bond acceptors (Lipinski definition) is 3. The van der Waals surface area contributed by atoms with Crippen molar-refractivity contribution >= 4 is 5.78 Å². The minimum atomic E-state index is -1.87. The first-order valence-electron chi connectivity index (χ1n) is 5.68. The number of ketones is 1. The minimum Gasteiger partial charge on any atom is -0.359 e. The van der Waals surface area contributed by atoms with Crippen molar-refractivity contribution in [2.45, 2.75) is 5.79 Å². The Balaban J connectivity index is 2.01. The van der Waals surface area contributed by atoms with Gasteiger partial charge in [0, 0.05) is 11.5 Å². The van der Waals surface area contributed by atoms with Gasteiger partial charge in [-0.3, -0.25) is 4.79 Å². The van der Waals surface area contributed by atoms with Crippen LogP contribution in [0.3, 0.4) is 0 Å². The van der Waals surface area contributed by atoms with Crippen molar-refractivity contribution in [2.24, 2.45) is 5.92 Å². The molecule has 0 spiro atoms. The van der Waals surface area contributed by atoms with Gasteiger partial charge in [-0.05, 0) is 18.2 Å². The van der Waals surface area contributed by atoms with Gasteiger partial charge in [0.05, 0.1) is 0 Å². The summed E-state index contributed by atoms with van der Waals surface area (Å²) in [7, 11) is 0. The van der Waals surface area contributed by atoms with Gasteiger partial charge in [0.15, 0.2) is 5.78 Å². The van der Waals surface area contributed by atoms with E-state index >= 15 is 0 Å². The molecule has 0 heterocycles. The maximum atomic E-state index is 11.8. The number of rotatable bonds is 3. The summed E-state index contributed by atoms with van der Waals surface area (Å²) in [5, 5.41) is 18.5. The predicted octanol–water partition coefficient (Wildman–Crippen LogP) is 1.85. The maximum Gasteiger partial charge on any atom is 0.202 e. The van der Waals surface area contributed by atoms with Gasteiger partial charge >= 0.3 is 0 Å². The van der Waals surface area contributed by atoms with Crippen LogP contribution in [-0.4, -0.2) is 21.8 Å². The van der Waals surface area contributed by atoms with Crippen LogP contribution in [0.1, 0.15) is 10.4 Å². The lowest BCUT2D eigenvalue weighted by atomic mass is 9.99. The number of aliphatic hydroxyl groups is 2. The van der Waals surface area contributed by atoms with Gasteiger partial charge in [0.1, 0.15) is 0 Å². The summed E-state index contributed by atoms with van der Waals surface area (Å²) in [6.07, 6.45) is 9.06. The van der Waals surface area contributed by atoms with Crippen LogP contribution in [0.5, 0.6) is 0 Å². The Hall–Kier alpha value is -1.97. The van der Waals surface area contributed by atoms with E-state index in [1.807, 2.05) is 18.2 Å². The molecule has 0 saturated heterocycles. The maximum absolute atomic E-state index is 11.8. The van der Waals surface area contributed by atoms with E-state index in [2.05, 4.69) is 0 Å². The zero-order valence-corrected chi connectivity index (χ0v) is 9.73. The molecular weight excluding hydrogens is 228 g/mol. The molecule has 1 aliphatic rings. The summed E-state index contributed by atoms with van der Waals surface area (Å²) >= 11 is 0. The summed E-state index contributed by atoms with van der Waals surface area (Å²) in [6, 6.07) is 8.99. The van der Waals surface area contributed by atoms with E-state index in [0.29, 0.717) is 5.56 Å². The van der Waals surface area contributed by atoms with Crippen LogP contribution in [0.25, 0.3) is 0 Å². The van der Waals surface area contributed by atoms with E-state index in [-0.39, 0.29) is 11.7 Å². The average molecular weight is 242 g/mol. The molecule has 0 atom stereocenters. The van der Waals surface area contributed by atoms with Crippen molar-refractivity contribution in [1.82, 2.24) is 0 Å². The van der Waals surface area contributed by atoms with Crippen LogP contribution in [-0.2, 0) is 0 Å². The fourth-order valence-electron chi connectivity index (χ4n) is 1.65. The molecule has 0 radical (unpaired) electrons. The number of benzene rings is 1. The third-order valence-electron chi connectivity index (χ3n) is 2.66. The van der Waals surface area contributed by atoms with Crippen LogP contribution in [0.2, 0.25) is 0 Å². The summed E-state index contributed by atoms with van der Waals surface area (Å²) < 4.78 is 0. The Morgan fingerprint density at radius 1 is 1.11 bits per heavy atom. The number of allylic oxidation sites excluding steroid dienone is 4. The van der Waals surface area contributed by atoms with E-state index in [9.17, 15) is 15.0 Å². The normalized spacial score (nSPS) is 18.3. The van der Waals surface area contributed by atoms with E-state index in [1.54, 1.807) is 30.4 Å². The smallest absolute Gasteiger partial charge is 0.202 e. The van der Waals surface area contributed by atoms with Gasteiger partial charge in [-0.2, -0.15) is 0 Å². The highest BCUT2D eigenvalue weighted by Crippen LogP contribution is 2.17. The summed E-state index contributed by atoms with van der Waals surface area (Å²) in [5.41, 5.74) is 0.635. The Morgan fingerprint density at radius 2 is 1.72 bits per heavy atom.